The molecular weight excluding hydrogens is 358 g/mol. The summed E-state index contributed by atoms with van der Waals surface area (Å²) in [4.78, 5) is 10.3. The number of para-hydroxylation sites is 2. The van der Waals surface area contributed by atoms with Crippen LogP contribution in [0.25, 0.3) is 0 Å². The molecule has 0 radical (unpaired) electrons. The number of anilines is 1. The second kappa shape index (κ2) is 9.04. The summed E-state index contributed by atoms with van der Waals surface area (Å²) in [7, 11) is 1.58. The molecule has 0 atom stereocenters. The minimum atomic E-state index is -0.463. The smallest absolute Gasteiger partial charge is 0.269 e. The Morgan fingerprint density at radius 1 is 0.964 bits per heavy atom. The van der Waals surface area contributed by atoms with Crippen LogP contribution in [-0.4, -0.2) is 17.9 Å². The van der Waals surface area contributed by atoms with E-state index in [0.29, 0.717) is 23.0 Å². The number of azo groups is 1. The van der Waals surface area contributed by atoms with Gasteiger partial charge in [-0.05, 0) is 24.3 Å². The highest BCUT2D eigenvalue weighted by molar-refractivity contribution is 5.99. The maximum Gasteiger partial charge on any atom is 0.269 e. The van der Waals surface area contributed by atoms with Crippen LogP contribution in [0.4, 0.5) is 17.1 Å². The fraction of sp³-hybridized carbons (Fsp3) is 0.0500. The van der Waals surface area contributed by atoms with Crippen LogP contribution in [0.2, 0.25) is 0 Å². The molecule has 0 heterocycles. The number of benzene rings is 3. The van der Waals surface area contributed by atoms with Crippen molar-refractivity contribution < 1.29 is 9.66 Å². The van der Waals surface area contributed by atoms with Gasteiger partial charge in [-0.3, -0.25) is 15.5 Å². The van der Waals surface area contributed by atoms with Crippen LogP contribution in [0.5, 0.6) is 5.75 Å². The van der Waals surface area contributed by atoms with E-state index in [4.69, 9.17) is 4.74 Å². The largest absolute Gasteiger partial charge is 0.495 e. The average molecular weight is 375 g/mol. The number of ether oxygens (including phenoxy) is 1. The van der Waals surface area contributed by atoms with E-state index in [9.17, 15) is 10.1 Å². The number of non-ortho nitro benzene ring substituents is 1. The van der Waals surface area contributed by atoms with Crippen molar-refractivity contribution in [3.05, 3.63) is 94.5 Å². The molecule has 8 nitrogen and oxygen atoms in total. The van der Waals surface area contributed by atoms with Crippen LogP contribution < -0.4 is 10.2 Å². The normalized spacial score (nSPS) is 11.4. The summed E-state index contributed by atoms with van der Waals surface area (Å²) in [6, 6.07) is 22.5. The molecule has 0 spiro atoms. The molecule has 0 amide bonds. The Hall–Kier alpha value is -4.07. The molecule has 28 heavy (non-hydrogen) atoms. The molecule has 0 aromatic heterocycles. The quantitative estimate of drug-likeness (QED) is 0.211. The second-order valence-electron chi connectivity index (χ2n) is 5.59. The van der Waals surface area contributed by atoms with E-state index in [2.05, 4.69) is 20.8 Å². The Kier molecular flexibility index (Phi) is 6.04. The standard InChI is InChI=1S/C20H17N5O3/c1-28-19-10-6-5-9-18(19)22-24-20(15-7-3-2-4-8-15)23-21-16-11-13-17(14-12-16)25(26)27/h2-14,22H,1H3/b23-21+,24-20-. The van der Waals surface area contributed by atoms with Gasteiger partial charge in [0.25, 0.3) is 5.69 Å². The van der Waals surface area contributed by atoms with Gasteiger partial charge in [0.05, 0.1) is 23.4 Å². The molecule has 140 valence electrons. The summed E-state index contributed by atoms with van der Waals surface area (Å²) in [6.45, 7) is 0. The summed E-state index contributed by atoms with van der Waals surface area (Å²) in [5.74, 6) is 0.996. The summed E-state index contributed by atoms with van der Waals surface area (Å²) in [5, 5.41) is 23.5. The van der Waals surface area contributed by atoms with Crippen LogP contribution in [0.3, 0.4) is 0 Å². The number of nitrogens with zero attached hydrogens (tertiary/aromatic N) is 4. The van der Waals surface area contributed by atoms with E-state index in [0.717, 1.165) is 5.56 Å². The van der Waals surface area contributed by atoms with E-state index >= 15 is 0 Å². The van der Waals surface area contributed by atoms with Gasteiger partial charge in [-0.1, -0.05) is 42.5 Å². The third kappa shape index (κ3) is 4.76. The fourth-order valence-electron chi connectivity index (χ4n) is 2.33. The molecule has 1 N–H and O–H groups in total. The van der Waals surface area contributed by atoms with Gasteiger partial charge in [-0.15, -0.1) is 10.2 Å². The molecule has 0 aliphatic heterocycles. The second-order valence-corrected chi connectivity index (χ2v) is 5.59. The molecule has 8 heteroatoms. The molecular formula is C20H17N5O3. The predicted molar refractivity (Wildman–Crippen MR) is 107 cm³/mol. The van der Waals surface area contributed by atoms with Crippen molar-refractivity contribution in [1.29, 1.82) is 0 Å². The Labute approximate surface area is 161 Å². The van der Waals surface area contributed by atoms with Crippen LogP contribution >= 0.6 is 0 Å². The summed E-state index contributed by atoms with van der Waals surface area (Å²) < 4.78 is 5.30. The van der Waals surface area contributed by atoms with E-state index in [1.54, 1.807) is 7.11 Å². The third-order valence-electron chi connectivity index (χ3n) is 3.74. The van der Waals surface area contributed by atoms with Crippen molar-refractivity contribution in [2.45, 2.75) is 0 Å². The number of nitrogens with one attached hydrogen (secondary N) is 1. The number of amidine groups is 1. The Morgan fingerprint density at radius 2 is 1.64 bits per heavy atom. The molecule has 0 saturated carbocycles. The van der Waals surface area contributed by atoms with Crippen molar-refractivity contribution >= 4 is 22.9 Å². The topological polar surface area (TPSA) is 101 Å². The highest BCUT2D eigenvalue weighted by Gasteiger charge is 2.06. The minimum absolute atomic E-state index is 0.00580. The lowest BCUT2D eigenvalue weighted by Gasteiger charge is -2.07. The van der Waals surface area contributed by atoms with Crippen LogP contribution in [0, 0.1) is 10.1 Å². The molecule has 0 aliphatic carbocycles. The monoisotopic (exact) mass is 375 g/mol. The SMILES string of the molecule is COc1ccccc1N/N=C(\N=N\c1ccc([N+](=O)[O-])cc1)c1ccccc1. The summed E-state index contributed by atoms with van der Waals surface area (Å²) in [5.41, 5.74) is 4.86. The van der Waals surface area contributed by atoms with Crippen molar-refractivity contribution in [1.82, 2.24) is 0 Å². The lowest BCUT2D eigenvalue weighted by Crippen LogP contribution is -2.02. The number of rotatable bonds is 6. The van der Waals surface area contributed by atoms with Crippen molar-refractivity contribution in [3.8, 4) is 5.75 Å². The average Bonchev–Trinajstić information content (AvgIpc) is 2.75. The van der Waals surface area contributed by atoms with Gasteiger partial charge >= 0.3 is 0 Å². The zero-order chi connectivity index (χ0) is 19.8. The first kappa shape index (κ1) is 18.7. The Balaban J connectivity index is 1.88. The Morgan fingerprint density at radius 3 is 2.32 bits per heavy atom. The zero-order valence-corrected chi connectivity index (χ0v) is 15.0. The molecule has 0 unspecified atom stereocenters. The molecule has 0 fully saturated rings. The van der Waals surface area contributed by atoms with Gasteiger partial charge in [0.2, 0.25) is 5.84 Å². The van der Waals surface area contributed by atoms with Crippen molar-refractivity contribution in [2.24, 2.45) is 15.3 Å². The fourth-order valence-corrected chi connectivity index (χ4v) is 2.33. The number of hydrogen-bond donors (Lipinski definition) is 1. The van der Waals surface area contributed by atoms with E-state index in [-0.39, 0.29) is 5.69 Å². The molecule has 3 aromatic carbocycles. The van der Waals surface area contributed by atoms with Crippen molar-refractivity contribution in [2.75, 3.05) is 12.5 Å². The first-order valence-electron chi connectivity index (χ1n) is 8.35. The van der Waals surface area contributed by atoms with E-state index < -0.39 is 4.92 Å². The van der Waals surface area contributed by atoms with E-state index in [1.807, 2.05) is 54.6 Å². The summed E-state index contributed by atoms with van der Waals surface area (Å²) in [6.07, 6.45) is 0. The number of hydrazone groups is 1. The maximum atomic E-state index is 10.7. The van der Waals surface area contributed by atoms with Gasteiger partial charge in [-0.25, -0.2) is 0 Å². The summed E-state index contributed by atoms with van der Waals surface area (Å²) >= 11 is 0. The molecule has 3 rings (SSSR count). The van der Waals surface area contributed by atoms with Gasteiger partial charge in [0.15, 0.2) is 0 Å². The lowest BCUT2D eigenvalue weighted by atomic mass is 10.2. The van der Waals surface area contributed by atoms with Crippen molar-refractivity contribution in [3.63, 3.8) is 0 Å². The molecule has 0 saturated heterocycles. The zero-order valence-electron chi connectivity index (χ0n) is 15.0. The first-order valence-corrected chi connectivity index (χ1v) is 8.35. The predicted octanol–water partition coefficient (Wildman–Crippen LogP) is 5.16. The lowest BCUT2D eigenvalue weighted by molar-refractivity contribution is -0.384. The number of hydrogen-bond acceptors (Lipinski definition) is 6. The molecule has 3 aromatic rings. The van der Waals surface area contributed by atoms with Crippen LogP contribution in [0.15, 0.2) is 94.2 Å². The van der Waals surface area contributed by atoms with Gasteiger partial charge < -0.3 is 4.74 Å². The third-order valence-corrected chi connectivity index (χ3v) is 3.74. The minimum Gasteiger partial charge on any atom is -0.495 e. The van der Waals surface area contributed by atoms with Gasteiger partial charge in [0.1, 0.15) is 5.75 Å². The number of methoxy groups -OCH3 is 1. The molecule has 0 aliphatic rings. The number of nitro benzene ring substituents is 1. The highest BCUT2D eigenvalue weighted by Crippen LogP contribution is 2.23. The van der Waals surface area contributed by atoms with Gasteiger partial charge in [0, 0.05) is 17.7 Å². The maximum absolute atomic E-state index is 10.7. The molecule has 0 bridgehead atoms. The number of nitro groups is 1. The Bertz CT molecular complexity index is 1000. The van der Waals surface area contributed by atoms with E-state index in [1.165, 1.54) is 24.3 Å². The van der Waals surface area contributed by atoms with Crippen LogP contribution in [0.1, 0.15) is 5.56 Å². The first-order chi connectivity index (χ1) is 13.7. The van der Waals surface area contributed by atoms with Crippen LogP contribution in [-0.2, 0) is 0 Å². The highest BCUT2D eigenvalue weighted by atomic mass is 16.6. The van der Waals surface area contributed by atoms with Gasteiger partial charge in [-0.2, -0.15) is 5.10 Å².